The molecule has 0 aromatic heterocycles. The van der Waals surface area contributed by atoms with Gasteiger partial charge in [-0.2, -0.15) is 0 Å². The molecule has 6 heteroatoms. The first-order valence-electron chi connectivity index (χ1n) is 9.55. The van der Waals surface area contributed by atoms with Crippen LogP contribution in [0.1, 0.15) is 32.1 Å². The van der Waals surface area contributed by atoms with E-state index in [9.17, 15) is 10.1 Å². The number of benzene rings is 2. The number of hydrogen-bond acceptors (Lipinski definition) is 5. The summed E-state index contributed by atoms with van der Waals surface area (Å²) < 4.78 is 0. The van der Waals surface area contributed by atoms with E-state index in [2.05, 4.69) is 0 Å². The molecule has 146 valence electrons. The summed E-state index contributed by atoms with van der Waals surface area (Å²) in [6.07, 6.45) is 8.77. The molecule has 1 saturated carbocycles. The van der Waals surface area contributed by atoms with Crippen molar-refractivity contribution in [1.82, 2.24) is 0 Å². The van der Waals surface area contributed by atoms with E-state index >= 15 is 0 Å². The second-order valence-corrected chi connectivity index (χ2v) is 8.79. The number of nitrogens with zero attached hydrogens (tertiary/aromatic N) is 2. The fourth-order valence-corrected chi connectivity index (χ4v) is 4.93. The number of rotatable bonds is 7. The lowest BCUT2D eigenvalue weighted by molar-refractivity contribution is -0.384. The summed E-state index contributed by atoms with van der Waals surface area (Å²) in [5, 5.41) is 13.8. The zero-order valence-electron chi connectivity index (χ0n) is 15.7. The average molecular weight is 413 g/mol. The molecule has 0 spiro atoms. The Morgan fingerprint density at radius 1 is 1.07 bits per heavy atom. The van der Waals surface area contributed by atoms with Gasteiger partial charge in [-0.1, -0.05) is 49.2 Å². The normalized spacial score (nSPS) is 15.8. The molecule has 1 fully saturated rings. The average Bonchev–Trinajstić information content (AvgIpc) is 2.74. The summed E-state index contributed by atoms with van der Waals surface area (Å²) in [5.41, 5.74) is 1.07. The molecule has 0 amide bonds. The highest BCUT2D eigenvalue weighted by Gasteiger charge is 2.14. The summed E-state index contributed by atoms with van der Waals surface area (Å²) in [4.78, 5) is 16.2. The molecule has 0 saturated heterocycles. The van der Waals surface area contributed by atoms with Crippen LogP contribution in [0.4, 0.5) is 11.4 Å². The second-order valence-electron chi connectivity index (χ2n) is 6.77. The van der Waals surface area contributed by atoms with Gasteiger partial charge in [-0.3, -0.25) is 10.1 Å². The lowest BCUT2D eigenvalue weighted by atomic mass is 9.91. The van der Waals surface area contributed by atoms with Crippen LogP contribution in [0.25, 0.3) is 0 Å². The Morgan fingerprint density at radius 3 is 2.46 bits per heavy atom. The number of non-ortho nitro benzene ring substituents is 1. The van der Waals surface area contributed by atoms with Crippen LogP contribution in [0.3, 0.4) is 0 Å². The number of hydrogen-bond donors (Lipinski definition) is 0. The van der Waals surface area contributed by atoms with Crippen molar-refractivity contribution in [2.75, 3.05) is 5.75 Å². The summed E-state index contributed by atoms with van der Waals surface area (Å²) in [6.45, 7) is 0. The molecule has 0 N–H and O–H groups in total. The van der Waals surface area contributed by atoms with E-state index in [0.29, 0.717) is 0 Å². The fraction of sp³-hybridized carbons (Fsp3) is 0.318. The van der Waals surface area contributed by atoms with Crippen LogP contribution in [0.2, 0.25) is 0 Å². The minimum atomic E-state index is -0.378. The Kier molecular flexibility index (Phi) is 8.18. The molecule has 0 radical (unpaired) electrons. The minimum Gasteiger partial charge on any atom is -0.258 e. The molecule has 2 aromatic rings. The van der Waals surface area contributed by atoms with E-state index in [-0.39, 0.29) is 10.6 Å². The molecule has 4 nitrogen and oxygen atoms in total. The molecule has 0 atom stereocenters. The number of para-hydroxylation sites is 1. The molecular formula is C22H24N2O2S2. The number of nitro benzene ring substituents is 1. The molecular weight excluding hydrogens is 388 g/mol. The zero-order valence-corrected chi connectivity index (χ0v) is 17.3. The van der Waals surface area contributed by atoms with Crippen molar-refractivity contribution < 1.29 is 4.92 Å². The first-order chi connectivity index (χ1) is 13.7. The van der Waals surface area contributed by atoms with Crippen molar-refractivity contribution in [3.8, 4) is 0 Å². The Hall–Kier alpha value is -2.05. The number of thioether (sulfide) groups is 2. The third-order valence-electron chi connectivity index (χ3n) is 4.65. The fourth-order valence-electron chi connectivity index (χ4n) is 3.12. The van der Waals surface area contributed by atoms with E-state index in [0.717, 1.165) is 27.3 Å². The van der Waals surface area contributed by atoms with Crippen molar-refractivity contribution in [1.29, 1.82) is 0 Å². The van der Waals surface area contributed by atoms with Crippen LogP contribution in [0.15, 0.2) is 76.0 Å². The standard InChI is InChI=1S/C22H24N2O2S2/c25-24(26)20-11-13-21(14-12-20)27-16-15-22(23-19-9-5-2-6-10-19)28-17-18-7-3-1-4-8-18/h2,5-6,9-16,18H,1,3-4,7-8,17H2. The topological polar surface area (TPSA) is 55.5 Å². The third-order valence-corrected chi connectivity index (χ3v) is 6.63. The van der Waals surface area contributed by atoms with Gasteiger partial charge in [0.15, 0.2) is 0 Å². The molecule has 0 bridgehead atoms. The van der Waals surface area contributed by atoms with Crippen molar-refractivity contribution >= 4 is 39.9 Å². The van der Waals surface area contributed by atoms with Crippen LogP contribution in [-0.2, 0) is 0 Å². The third kappa shape index (κ3) is 6.84. The first kappa shape index (κ1) is 20.7. The SMILES string of the molecule is O=[N+]([O-])c1ccc(SC=CC(=Nc2ccccc2)SCC2CCCCC2)cc1. The van der Waals surface area contributed by atoms with Crippen molar-refractivity contribution in [3.63, 3.8) is 0 Å². The predicted molar refractivity (Wildman–Crippen MR) is 121 cm³/mol. The van der Waals surface area contributed by atoms with Gasteiger partial charge in [-0.05, 0) is 54.5 Å². The summed E-state index contributed by atoms with van der Waals surface area (Å²) in [6, 6.07) is 16.6. The smallest absolute Gasteiger partial charge is 0.258 e. The highest BCUT2D eigenvalue weighted by Crippen LogP contribution is 2.29. The summed E-state index contributed by atoms with van der Waals surface area (Å²) in [7, 11) is 0. The minimum absolute atomic E-state index is 0.114. The summed E-state index contributed by atoms with van der Waals surface area (Å²) >= 11 is 3.37. The van der Waals surface area contributed by atoms with E-state index in [1.165, 1.54) is 44.2 Å². The van der Waals surface area contributed by atoms with Gasteiger partial charge in [0.1, 0.15) is 0 Å². The lowest BCUT2D eigenvalue weighted by Crippen LogP contribution is -2.09. The lowest BCUT2D eigenvalue weighted by Gasteiger charge is -2.20. The maximum Gasteiger partial charge on any atom is 0.269 e. The van der Waals surface area contributed by atoms with Gasteiger partial charge in [-0.15, -0.1) is 11.8 Å². The van der Waals surface area contributed by atoms with Crippen LogP contribution in [0, 0.1) is 16.0 Å². The Bertz CT molecular complexity index is 814. The molecule has 3 rings (SSSR count). The molecule has 0 heterocycles. The number of nitro groups is 1. The molecule has 0 aliphatic heterocycles. The maximum absolute atomic E-state index is 10.8. The Labute approximate surface area is 174 Å². The molecule has 28 heavy (non-hydrogen) atoms. The van der Waals surface area contributed by atoms with E-state index in [1.54, 1.807) is 23.9 Å². The summed E-state index contributed by atoms with van der Waals surface area (Å²) in [5.74, 6) is 1.90. The molecule has 1 aliphatic rings. The van der Waals surface area contributed by atoms with Gasteiger partial charge >= 0.3 is 0 Å². The molecule has 1 aliphatic carbocycles. The van der Waals surface area contributed by atoms with Crippen molar-refractivity contribution in [2.45, 2.75) is 37.0 Å². The van der Waals surface area contributed by atoms with Crippen LogP contribution < -0.4 is 0 Å². The highest BCUT2D eigenvalue weighted by atomic mass is 32.2. The quantitative estimate of drug-likeness (QED) is 0.158. The largest absolute Gasteiger partial charge is 0.269 e. The van der Waals surface area contributed by atoms with Crippen molar-refractivity contribution in [3.05, 3.63) is 76.2 Å². The van der Waals surface area contributed by atoms with Gasteiger partial charge in [0.25, 0.3) is 5.69 Å². The van der Waals surface area contributed by atoms with Crippen LogP contribution in [-0.4, -0.2) is 15.7 Å². The van der Waals surface area contributed by atoms with E-state index in [4.69, 9.17) is 4.99 Å². The van der Waals surface area contributed by atoms with E-state index in [1.807, 2.05) is 53.6 Å². The Balaban J connectivity index is 1.64. The Morgan fingerprint density at radius 2 is 1.79 bits per heavy atom. The molecule has 2 aromatic carbocycles. The maximum atomic E-state index is 10.8. The second kappa shape index (κ2) is 11.1. The van der Waals surface area contributed by atoms with Gasteiger partial charge in [0.2, 0.25) is 0 Å². The highest BCUT2D eigenvalue weighted by molar-refractivity contribution is 8.14. The zero-order chi connectivity index (χ0) is 19.6. The van der Waals surface area contributed by atoms with Crippen LogP contribution >= 0.6 is 23.5 Å². The van der Waals surface area contributed by atoms with Gasteiger partial charge in [-0.25, -0.2) is 4.99 Å². The van der Waals surface area contributed by atoms with Crippen LogP contribution in [0.5, 0.6) is 0 Å². The predicted octanol–water partition coefficient (Wildman–Crippen LogP) is 7.24. The van der Waals surface area contributed by atoms with E-state index < -0.39 is 0 Å². The van der Waals surface area contributed by atoms with Gasteiger partial charge in [0, 0.05) is 22.8 Å². The molecule has 0 unspecified atom stereocenters. The van der Waals surface area contributed by atoms with Gasteiger partial charge < -0.3 is 0 Å². The van der Waals surface area contributed by atoms with Gasteiger partial charge in [0.05, 0.1) is 15.7 Å². The first-order valence-corrected chi connectivity index (χ1v) is 11.4. The number of aliphatic imine (C=N–C) groups is 1. The monoisotopic (exact) mass is 412 g/mol. The van der Waals surface area contributed by atoms with Crippen molar-refractivity contribution in [2.24, 2.45) is 10.9 Å².